The molecule has 1 heterocycles. The lowest BCUT2D eigenvalue weighted by molar-refractivity contribution is 0.0636. The van der Waals surface area contributed by atoms with E-state index in [1.165, 1.54) is 5.56 Å². The maximum Gasteiger partial charge on any atom is 0.412 e. The summed E-state index contributed by atoms with van der Waals surface area (Å²) in [6.45, 7) is 8.03. The number of anilines is 2. The number of aliphatic imine (C=N–C) groups is 1. The molecular formula is C24H36N6O2. The normalized spacial score (nSPS) is 11.6. The van der Waals surface area contributed by atoms with Crippen molar-refractivity contribution in [2.24, 2.45) is 4.99 Å². The van der Waals surface area contributed by atoms with Gasteiger partial charge in [-0.05, 0) is 69.9 Å². The highest BCUT2D eigenvalue weighted by atomic mass is 16.6. The number of hydrogen-bond acceptors (Lipinski definition) is 5. The van der Waals surface area contributed by atoms with Gasteiger partial charge in [0, 0.05) is 38.6 Å². The summed E-state index contributed by atoms with van der Waals surface area (Å²) < 4.78 is 5.26. The highest BCUT2D eigenvalue weighted by molar-refractivity contribution is 5.84. The summed E-state index contributed by atoms with van der Waals surface area (Å²) >= 11 is 0. The lowest BCUT2D eigenvalue weighted by Crippen LogP contribution is -2.38. The zero-order valence-corrected chi connectivity index (χ0v) is 19.6. The first-order valence-electron chi connectivity index (χ1n) is 11.0. The molecule has 32 heavy (non-hydrogen) atoms. The van der Waals surface area contributed by atoms with Gasteiger partial charge in [0.05, 0.1) is 0 Å². The van der Waals surface area contributed by atoms with Crippen LogP contribution in [0.5, 0.6) is 0 Å². The number of rotatable bonds is 10. The number of guanidine groups is 1. The van der Waals surface area contributed by atoms with Crippen molar-refractivity contribution in [1.29, 1.82) is 0 Å². The Morgan fingerprint density at radius 1 is 1.00 bits per heavy atom. The number of amides is 1. The third-order valence-electron chi connectivity index (χ3n) is 4.40. The van der Waals surface area contributed by atoms with E-state index < -0.39 is 11.7 Å². The number of pyridine rings is 1. The van der Waals surface area contributed by atoms with Gasteiger partial charge in [0.2, 0.25) is 0 Å². The van der Waals surface area contributed by atoms with Gasteiger partial charge in [-0.2, -0.15) is 0 Å². The molecule has 174 valence electrons. The fourth-order valence-electron chi connectivity index (χ4n) is 2.86. The molecule has 8 nitrogen and oxygen atoms in total. The van der Waals surface area contributed by atoms with Crippen LogP contribution in [0.2, 0.25) is 0 Å². The van der Waals surface area contributed by atoms with Crippen LogP contribution in [0.15, 0.2) is 53.7 Å². The average Bonchev–Trinajstić information content (AvgIpc) is 2.75. The highest BCUT2D eigenvalue weighted by Crippen LogP contribution is 2.13. The Labute approximate surface area is 191 Å². The molecule has 0 aliphatic carbocycles. The molecule has 1 amide bonds. The van der Waals surface area contributed by atoms with Gasteiger partial charge < -0.3 is 20.7 Å². The first kappa shape index (κ1) is 25.0. The van der Waals surface area contributed by atoms with Crippen LogP contribution in [-0.4, -0.2) is 49.3 Å². The molecule has 0 radical (unpaired) electrons. The van der Waals surface area contributed by atoms with Gasteiger partial charge in [0.25, 0.3) is 0 Å². The zero-order valence-electron chi connectivity index (χ0n) is 19.6. The molecule has 0 bridgehead atoms. The van der Waals surface area contributed by atoms with Gasteiger partial charge in [-0.25, -0.2) is 9.78 Å². The number of nitrogens with zero attached hydrogens (tertiary/aromatic N) is 2. The van der Waals surface area contributed by atoms with Crippen molar-refractivity contribution < 1.29 is 9.53 Å². The Hall–Kier alpha value is -3.29. The number of nitrogens with one attached hydrogen (secondary N) is 4. The van der Waals surface area contributed by atoms with Crippen molar-refractivity contribution >= 4 is 23.6 Å². The summed E-state index contributed by atoms with van der Waals surface area (Å²) in [4.78, 5) is 20.3. The first-order chi connectivity index (χ1) is 15.4. The highest BCUT2D eigenvalue weighted by Gasteiger charge is 2.16. The van der Waals surface area contributed by atoms with Crippen LogP contribution in [-0.2, 0) is 11.2 Å². The van der Waals surface area contributed by atoms with Crippen molar-refractivity contribution in [2.45, 2.75) is 45.6 Å². The Bertz CT molecular complexity index is 832. The van der Waals surface area contributed by atoms with Crippen molar-refractivity contribution in [1.82, 2.24) is 15.6 Å². The predicted octanol–water partition coefficient (Wildman–Crippen LogP) is 4.03. The average molecular weight is 441 g/mol. The molecule has 2 aromatic rings. The number of carbonyl (C=O) groups is 1. The third kappa shape index (κ3) is 10.7. The molecule has 8 heteroatoms. The van der Waals surface area contributed by atoms with Gasteiger partial charge in [-0.1, -0.05) is 18.2 Å². The number of benzene rings is 1. The quantitative estimate of drug-likeness (QED) is 0.253. The molecule has 4 N–H and O–H groups in total. The summed E-state index contributed by atoms with van der Waals surface area (Å²) in [5.74, 6) is 1.71. The van der Waals surface area contributed by atoms with Crippen molar-refractivity contribution in [3.05, 3.63) is 54.2 Å². The SMILES string of the molecule is CN=C(NCCCCNc1ccccn1)NCCc1ccc(NC(=O)OC(C)(C)C)cc1. The summed E-state index contributed by atoms with van der Waals surface area (Å²) in [6.07, 6.45) is 4.27. The van der Waals surface area contributed by atoms with Crippen LogP contribution in [0, 0.1) is 0 Å². The van der Waals surface area contributed by atoms with Gasteiger partial charge in [0.15, 0.2) is 5.96 Å². The zero-order chi connectivity index (χ0) is 23.2. The fourth-order valence-corrected chi connectivity index (χ4v) is 2.86. The lowest BCUT2D eigenvalue weighted by atomic mass is 10.1. The van der Waals surface area contributed by atoms with Crippen LogP contribution >= 0.6 is 0 Å². The summed E-state index contributed by atoms with van der Waals surface area (Å²) in [5, 5.41) is 12.7. The molecule has 2 rings (SSSR count). The van der Waals surface area contributed by atoms with Crippen LogP contribution in [0.25, 0.3) is 0 Å². The third-order valence-corrected chi connectivity index (χ3v) is 4.40. The van der Waals surface area contributed by atoms with Crippen LogP contribution in [0.1, 0.15) is 39.2 Å². The van der Waals surface area contributed by atoms with Gasteiger partial charge in [0.1, 0.15) is 11.4 Å². The van der Waals surface area contributed by atoms with Crippen molar-refractivity contribution in [2.75, 3.05) is 37.3 Å². The van der Waals surface area contributed by atoms with Crippen molar-refractivity contribution in [3.8, 4) is 0 Å². The second-order valence-electron chi connectivity index (χ2n) is 8.35. The van der Waals surface area contributed by atoms with E-state index in [-0.39, 0.29) is 0 Å². The lowest BCUT2D eigenvalue weighted by Gasteiger charge is -2.19. The summed E-state index contributed by atoms with van der Waals surface area (Å²) in [6, 6.07) is 13.6. The minimum atomic E-state index is -0.515. The van der Waals surface area contributed by atoms with Crippen LogP contribution < -0.4 is 21.3 Å². The minimum absolute atomic E-state index is 0.450. The molecular weight excluding hydrogens is 404 g/mol. The number of unbranched alkanes of at least 4 members (excludes halogenated alkanes) is 1. The molecule has 1 aromatic heterocycles. The van der Waals surface area contributed by atoms with Crippen molar-refractivity contribution in [3.63, 3.8) is 0 Å². The van der Waals surface area contributed by atoms with E-state index in [9.17, 15) is 4.79 Å². The second-order valence-corrected chi connectivity index (χ2v) is 8.35. The second kappa shape index (κ2) is 13.2. The van der Waals surface area contributed by atoms with Gasteiger partial charge in [-0.15, -0.1) is 0 Å². The Morgan fingerprint density at radius 3 is 2.38 bits per heavy atom. The number of ether oxygens (including phenoxy) is 1. The molecule has 0 unspecified atom stereocenters. The standard InChI is InChI=1S/C24H36N6O2/c1-24(2,3)32-23(31)30-20-12-10-19(11-13-20)14-18-29-22(25-4)28-17-8-7-16-27-21-9-5-6-15-26-21/h5-6,9-13,15H,7-8,14,16-18H2,1-4H3,(H,26,27)(H,30,31)(H2,25,28,29). The van der Waals surface area contributed by atoms with Crippen LogP contribution in [0.4, 0.5) is 16.3 Å². The predicted molar refractivity (Wildman–Crippen MR) is 131 cm³/mol. The van der Waals surface area contributed by atoms with E-state index in [0.29, 0.717) is 5.69 Å². The smallest absolute Gasteiger partial charge is 0.412 e. The molecule has 1 aromatic carbocycles. The Morgan fingerprint density at radius 2 is 1.72 bits per heavy atom. The molecule has 0 aliphatic heterocycles. The molecule has 0 fully saturated rings. The number of aromatic nitrogens is 1. The number of hydrogen-bond donors (Lipinski definition) is 4. The van der Waals surface area contributed by atoms with E-state index in [4.69, 9.17) is 4.74 Å². The van der Waals surface area contributed by atoms with Crippen LogP contribution in [0.3, 0.4) is 0 Å². The largest absolute Gasteiger partial charge is 0.444 e. The molecule has 0 atom stereocenters. The number of carbonyl (C=O) groups excluding carboxylic acids is 1. The monoisotopic (exact) mass is 440 g/mol. The van der Waals surface area contributed by atoms with E-state index in [0.717, 1.165) is 50.7 Å². The summed E-state index contributed by atoms with van der Waals surface area (Å²) in [7, 11) is 1.77. The van der Waals surface area contributed by atoms with Gasteiger partial charge in [-0.3, -0.25) is 10.3 Å². The molecule has 0 saturated carbocycles. The first-order valence-corrected chi connectivity index (χ1v) is 11.0. The van der Waals surface area contributed by atoms with E-state index in [1.54, 1.807) is 13.2 Å². The summed E-state index contributed by atoms with van der Waals surface area (Å²) in [5.41, 5.74) is 1.37. The van der Waals surface area contributed by atoms with E-state index in [1.807, 2.05) is 63.2 Å². The van der Waals surface area contributed by atoms with E-state index >= 15 is 0 Å². The Balaban J connectivity index is 1.59. The molecule has 0 saturated heterocycles. The molecule has 0 spiro atoms. The minimum Gasteiger partial charge on any atom is -0.444 e. The molecule has 0 aliphatic rings. The fraction of sp³-hybridized carbons (Fsp3) is 0.458. The Kier molecular flexibility index (Phi) is 10.3. The van der Waals surface area contributed by atoms with E-state index in [2.05, 4.69) is 31.2 Å². The topological polar surface area (TPSA) is 99.7 Å². The maximum atomic E-state index is 11.8. The van der Waals surface area contributed by atoms with Gasteiger partial charge >= 0.3 is 6.09 Å². The maximum absolute atomic E-state index is 11.8.